The van der Waals surface area contributed by atoms with Gasteiger partial charge in [-0.2, -0.15) is 0 Å². The molecule has 1 N–H and O–H groups in total. The highest BCUT2D eigenvalue weighted by molar-refractivity contribution is 6.17. The molecule has 21 heavy (non-hydrogen) atoms. The summed E-state index contributed by atoms with van der Waals surface area (Å²) in [4.78, 5) is 11.7. The summed E-state index contributed by atoms with van der Waals surface area (Å²) in [5, 5.41) is 9.58. The molecule has 2 aromatic carbocycles. The Labute approximate surface area is 128 Å². The minimum Gasteiger partial charge on any atom is -0.478 e. The van der Waals surface area contributed by atoms with Gasteiger partial charge in [-0.25, -0.2) is 4.79 Å². The molecule has 1 aliphatic rings. The number of carboxylic acid groups (broad SMARTS) is 1. The van der Waals surface area contributed by atoms with Crippen molar-refractivity contribution < 1.29 is 14.6 Å². The quantitative estimate of drug-likeness (QED) is 0.733. The molecule has 0 bridgehead atoms. The predicted octanol–water partition coefficient (Wildman–Crippen LogP) is 4.25. The number of benzene rings is 2. The fourth-order valence-corrected chi connectivity index (χ4v) is 2.87. The minimum absolute atomic E-state index is 0.368. The van der Waals surface area contributed by atoms with Crippen LogP contribution in [0.5, 0.6) is 11.5 Å². The van der Waals surface area contributed by atoms with Gasteiger partial charge in [-0.05, 0) is 36.1 Å². The number of rotatable bonds is 4. The van der Waals surface area contributed by atoms with Crippen LogP contribution in [0, 0.1) is 0 Å². The molecule has 0 aliphatic carbocycles. The molecule has 108 valence electrons. The van der Waals surface area contributed by atoms with Crippen molar-refractivity contribution in [3.63, 3.8) is 0 Å². The number of fused-ring (bicyclic) bond motifs is 2. The van der Waals surface area contributed by atoms with Crippen molar-refractivity contribution in [1.29, 1.82) is 0 Å². The van der Waals surface area contributed by atoms with Crippen LogP contribution in [-0.2, 0) is 12.8 Å². The first-order valence-corrected chi connectivity index (χ1v) is 7.44. The van der Waals surface area contributed by atoms with Gasteiger partial charge in [-0.3, -0.25) is 0 Å². The van der Waals surface area contributed by atoms with E-state index in [1.54, 1.807) is 0 Å². The van der Waals surface area contributed by atoms with Gasteiger partial charge in [0.2, 0.25) is 0 Å². The van der Waals surface area contributed by atoms with Gasteiger partial charge in [-0.15, -0.1) is 11.6 Å². The average molecular weight is 303 g/mol. The summed E-state index contributed by atoms with van der Waals surface area (Å²) in [6.45, 7) is 0. The number of carboxylic acids is 1. The first-order chi connectivity index (χ1) is 10.2. The summed E-state index contributed by atoms with van der Waals surface area (Å²) in [6, 6.07) is 11.4. The van der Waals surface area contributed by atoms with E-state index in [1.165, 1.54) is 0 Å². The predicted molar refractivity (Wildman–Crippen MR) is 81.8 cm³/mol. The van der Waals surface area contributed by atoms with Gasteiger partial charge in [0.25, 0.3) is 0 Å². The van der Waals surface area contributed by atoms with Crippen LogP contribution in [-0.4, -0.2) is 17.0 Å². The van der Waals surface area contributed by atoms with Crippen LogP contribution in [0.2, 0.25) is 0 Å². The Kier molecular flexibility index (Phi) is 3.84. The molecule has 4 heteroatoms. The molecule has 0 fully saturated rings. The molecule has 0 atom stereocenters. The van der Waals surface area contributed by atoms with Crippen LogP contribution in [0.4, 0.5) is 0 Å². The normalized spacial score (nSPS) is 12.2. The molecule has 0 saturated heterocycles. The zero-order chi connectivity index (χ0) is 14.8. The number of ether oxygens (including phenoxy) is 1. The lowest BCUT2D eigenvalue weighted by Crippen LogP contribution is -2.13. The van der Waals surface area contributed by atoms with E-state index in [0.29, 0.717) is 30.0 Å². The highest BCUT2D eigenvalue weighted by atomic mass is 35.5. The minimum atomic E-state index is -0.903. The second-order valence-electron chi connectivity index (χ2n) is 5.06. The Morgan fingerprint density at radius 3 is 2.76 bits per heavy atom. The largest absolute Gasteiger partial charge is 0.478 e. The first kappa shape index (κ1) is 14.0. The molecule has 0 saturated carbocycles. The molecule has 1 aliphatic heterocycles. The Balaban J connectivity index is 2.07. The number of halogens is 1. The summed E-state index contributed by atoms with van der Waals surface area (Å²) in [5.74, 6) is 1.06. The first-order valence-electron chi connectivity index (χ1n) is 6.90. The van der Waals surface area contributed by atoms with Gasteiger partial charge >= 0.3 is 5.97 Å². The zero-order valence-electron chi connectivity index (χ0n) is 11.4. The number of hydrogen-bond acceptors (Lipinski definition) is 2. The maximum Gasteiger partial charge on any atom is 0.336 e. The molecule has 3 rings (SSSR count). The highest BCUT2D eigenvalue weighted by Gasteiger charge is 2.24. The number of hydrogen-bond donors (Lipinski definition) is 1. The lowest BCUT2D eigenvalue weighted by Gasteiger charge is -2.23. The smallest absolute Gasteiger partial charge is 0.336 e. The van der Waals surface area contributed by atoms with Gasteiger partial charge in [0.1, 0.15) is 11.5 Å². The van der Waals surface area contributed by atoms with Crippen LogP contribution in [0.15, 0.2) is 36.4 Å². The van der Waals surface area contributed by atoms with Crippen molar-refractivity contribution in [3.8, 4) is 11.5 Å². The van der Waals surface area contributed by atoms with Crippen LogP contribution >= 0.6 is 11.6 Å². The van der Waals surface area contributed by atoms with Gasteiger partial charge in [-0.1, -0.05) is 24.3 Å². The maximum atomic E-state index is 11.7. The molecule has 0 unspecified atom stereocenters. The van der Waals surface area contributed by atoms with E-state index < -0.39 is 5.97 Å². The fraction of sp³-hybridized carbons (Fsp3) is 0.235. The van der Waals surface area contributed by atoms with Crippen LogP contribution in [0.1, 0.15) is 33.5 Å². The lowest BCUT2D eigenvalue weighted by molar-refractivity contribution is 0.0694. The molecule has 0 spiro atoms. The number of alkyl halides is 1. The summed E-state index contributed by atoms with van der Waals surface area (Å²) in [6.07, 6.45) is 2.01. The Morgan fingerprint density at radius 2 is 2.00 bits per heavy atom. The van der Waals surface area contributed by atoms with E-state index in [0.717, 1.165) is 28.9 Å². The maximum absolute atomic E-state index is 11.7. The van der Waals surface area contributed by atoms with Crippen molar-refractivity contribution >= 4 is 17.6 Å². The number of carbonyl (C=O) groups is 1. The summed E-state index contributed by atoms with van der Waals surface area (Å²) in [7, 11) is 0. The van der Waals surface area contributed by atoms with Crippen molar-refractivity contribution in [3.05, 3.63) is 58.7 Å². The Bertz CT molecular complexity index is 694. The SMILES string of the molecule is O=C(O)c1c(CCCCl)ccc2c1Cc1ccccc1O2. The van der Waals surface area contributed by atoms with Crippen molar-refractivity contribution in [2.75, 3.05) is 5.88 Å². The third-order valence-electron chi connectivity index (χ3n) is 3.71. The second kappa shape index (κ2) is 5.78. The highest BCUT2D eigenvalue weighted by Crippen LogP contribution is 2.39. The third-order valence-corrected chi connectivity index (χ3v) is 3.98. The molecule has 1 heterocycles. The Morgan fingerprint density at radius 1 is 1.19 bits per heavy atom. The number of aryl methyl sites for hydroxylation is 1. The van der Waals surface area contributed by atoms with E-state index in [1.807, 2.05) is 36.4 Å². The van der Waals surface area contributed by atoms with Crippen LogP contribution < -0.4 is 4.74 Å². The third kappa shape index (κ3) is 2.61. The Hall–Kier alpha value is -2.00. The molecule has 0 radical (unpaired) electrons. The van der Waals surface area contributed by atoms with Crippen molar-refractivity contribution in [2.45, 2.75) is 19.3 Å². The van der Waals surface area contributed by atoms with Gasteiger partial charge in [0.05, 0.1) is 5.56 Å². The molecule has 2 aromatic rings. The van der Waals surface area contributed by atoms with E-state index in [9.17, 15) is 9.90 Å². The van der Waals surface area contributed by atoms with Gasteiger partial charge < -0.3 is 9.84 Å². The number of aromatic carboxylic acids is 1. The van der Waals surface area contributed by atoms with E-state index in [4.69, 9.17) is 16.3 Å². The van der Waals surface area contributed by atoms with E-state index >= 15 is 0 Å². The summed E-state index contributed by atoms with van der Waals surface area (Å²) >= 11 is 5.72. The van der Waals surface area contributed by atoms with Crippen LogP contribution in [0.25, 0.3) is 0 Å². The monoisotopic (exact) mass is 302 g/mol. The van der Waals surface area contributed by atoms with Crippen molar-refractivity contribution in [2.24, 2.45) is 0 Å². The van der Waals surface area contributed by atoms with Gasteiger partial charge in [0, 0.05) is 17.9 Å². The lowest BCUT2D eigenvalue weighted by atomic mass is 9.91. The average Bonchev–Trinajstić information content (AvgIpc) is 2.50. The fourth-order valence-electron chi connectivity index (χ4n) is 2.74. The summed E-state index contributed by atoms with van der Waals surface area (Å²) < 4.78 is 5.84. The molecule has 0 aromatic heterocycles. The molecule has 3 nitrogen and oxygen atoms in total. The standard InChI is InChI=1S/C17H15ClO3/c18-9-3-5-11-7-8-15-13(16(11)17(19)20)10-12-4-1-2-6-14(12)21-15/h1-2,4,6-8H,3,5,9-10H2,(H,19,20). The number of para-hydroxylation sites is 1. The van der Waals surface area contributed by atoms with Gasteiger partial charge in [0.15, 0.2) is 0 Å². The molecule has 0 amide bonds. The van der Waals surface area contributed by atoms with E-state index in [2.05, 4.69) is 0 Å². The van der Waals surface area contributed by atoms with E-state index in [-0.39, 0.29) is 0 Å². The van der Waals surface area contributed by atoms with Crippen LogP contribution in [0.3, 0.4) is 0 Å². The second-order valence-corrected chi connectivity index (χ2v) is 5.44. The van der Waals surface area contributed by atoms with Crippen molar-refractivity contribution in [1.82, 2.24) is 0 Å². The molecular formula is C17H15ClO3. The zero-order valence-corrected chi connectivity index (χ0v) is 12.2. The summed E-state index contributed by atoms with van der Waals surface area (Å²) in [5.41, 5.74) is 2.97. The molecular weight excluding hydrogens is 288 g/mol. The topological polar surface area (TPSA) is 46.5 Å².